The minimum absolute atomic E-state index is 0.0557. The Balaban J connectivity index is 2.04. The molecule has 1 heterocycles. The Kier molecular flexibility index (Phi) is 4.67. The largest absolute Gasteiger partial charge is 0.490 e. The number of ether oxygens (including phenoxy) is 1. The molecule has 144 valence electrons. The molecule has 1 saturated carbocycles. The van der Waals surface area contributed by atoms with Gasteiger partial charge in [-0.25, -0.2) is 17.2 Å². The van der Waals surface area contributed by atoms with Crippen LogP contribution in [0.2, 0.25) is 5.02 Å². The standard InChI is InChI=1S/C20H19ClF2O3S/c21-14-5-7-15(8-6-14)27(24,25)20-11-3-1-2-4-13(20)12-26-19-17(23)10-9-16(22)18(19)20/h5-10,13H,1-4,11-12H2/t13-,20+/m0/s1. The number of rotatable bonds is 2. The first-order chi connectivity index (χ1) is 12.9. The van der Waals surface area contributed by atoms with Crippen molar-refractivity contribution < 1.29 is 21.9 Å². The number of hydrogen-bond donors (Lipinski definition) is 0. The highest BCUT2D eigenvalue weighted by Crippen LogP contribution is 2.55. The molecular formula is C20H19ClF2O3S. The molecule has 7 heteroatoms. The predicted molar refractivity (Wildman–Crippen MR) is 98.7 cm³/mol. The van der Waals surface area contributed by atoms with Gasteiger partial charge in [0.15, 0.2) is 21.4 Å². The van der Waals surface area contributed by atoms with Gasteiger partial charge >= 0.3 is 0 Å². The smallest absolute Gasteiger partial charge is 0.188 e. The van der Waals surface area contributed by atoms with Crippen molar-refractivity contribution in [1.29, 1.82) is 0 Å². The van der Waals surface area contributed by atoms with Crippen molar-refractivity contribution in [2.45, 2.75) is 41.7 Å². The average Bonchev–Trinajstić information content (AvgIpc) is 2.88. The summed E-state index contributed by atoms with van der Waals surface area (Å²) in [4.78, 5) is 0.0651. The van der Waals surface area contributed by atoms with E-state index < -0.39 is 32.1 Å². The van der Waals surface area contributed by atoms with Crippen molar-refractivity contribution >= 4 is 21.4 Å². The van der Waals surface area contributed by atoms with E-state index in [-0.39, 0.29) is 29.2 Å². The Morgan fingerprint density at radius 2 is 1.70 bits per heavy atom. The third-order valence-electron chi connectivity index (χ3n) is 5.77. The van der Waals surface area contributed by atoms with E-state index in [0.717, 1.165) is 25.0 Å². The van der Waals surface area contributed by atoms with Crippen LogP contribution in [0, 0.1) is 17.6 Å². The van der Waals surface area contributed by atoms with Crippen LogP contribution in [0.3, 0.4) is 0 Å². The molecule has 0 unspecified atom stereocenters. The maximum atomic E-state index is 15.0. The normalized spacial score (nSPS) is 25.1. The molecule has 1 aliphatic carbocycles. The van der Waals surface area contributed by atoms with Crippen LogP contribution >= 0.6 is 11.6 Å². The minimum atomic E-state index is -4.02. The Morgan fingerprint density at radius 1 is 1.00 bits per heavy atom. The van der Waals surface area contributed by atoms with Gasteiger partial charge in [-0.3, -0.25) is 0 Å². The molecule has 0 radical (unpaired) electrons. The Morgan fingerprint density at radius 3 is 2.44 bits per heavy atom. The summed E-state index contributed by atoms with van der Waals surface area (Å²) in [6, 6.07) is 7.83. The second kappa shape index (κ2) is 6.74. The van der Waals surface area contributed by atoms with Gasteiger partial charge in [-0.05, 0) is 49.2 Å². The summed E-state index contributed by atoms with van der Waals surface area (Å²) in [6.45, 7) is 0.0557. The SMILES string of the molecule is O=S(=O)(c1ccc(Cl)cc1)[C@]12CCCCC[C@H]1COc1c(F)ccc(F)c12. The van der Waals surface area contributed by atoms with Crippen LogP contribution < -0.4 is 4.74 Å². The first-order valence-corrected chi connectivity index (χ1v) is 10.9. The quantitative estimate of drug-likeness (QED) is 0.675. The number of halogens is 3. The van der Waals surface area contributed by atoms with Gasteiger partial charge in [-0.15, -0.1) is 0 Å². The van der Waals surface area contributed by atoms with E-state index in [1.807, 2.05) is 0 Å². The molecule has 4 rings (SSSR count). The average molecular weight is 413 g/mol. The van der Waals surface area contributed by atoms with Gasteiger partial charge in [-0.1, -0.05) is 30.9 Å². The molecule has 3 nitrogen and oxygen atoms in total. The van der Waals surface area contributed by atoms with Crippen molar-refractivity contribution in [3.8, 4) is 5.75 Å². The van der Waals surface area contributed by atoms with Gasteiger partial charge in [-0.2, -0.15) is 0 Å². The topological polar surface area (TPSA) is 43.4 Å². The molecule has 27 heavy (non-hydrogen) atoms. The third-order valence-corrected chi connectivity index (χ3v) is 8.62. The number of sulfone groups is 1. The summed E-state index contributed by atoms with van der Waals surface area (Å²) in [5.41, 5.74) is -0.157. The second-order valence-corrected chi connectivity index (χ2v) is 9.83. The molecule has 2 aromatic rings. The van der Waals surface area contributed by atoms with E-state index in [1.165, 1.54) is 24.3 Å². The van der Waals surface area contributed by atoms with E-state index in [2.05, 4.69) is 0 Å². The monoisotopic (exact) mass is 412 g/mol. The molecule has 0 spiro atoms. The fraction of sp³-hybridized carbons (Fsp3) is 0.400. The molecule has 0 bridgehead atoms. The van der Waals surface area contributed by atoms with Crippen LogP contribution in [0.1, 0.15) is 37.7 Å². The highest BCUT2D eigenvalue weighted by atomic mass is 35.5. The van der Waals surface area contributed by atoms with E-state index in [9.17, 15) is 17.2 Å². The lowest BCUT2D eigenvalue weighted by Crippen LogP contribution is -2.48. The zero-order valence-corrected chi connectivity index (χ0v) is 16.1. The molecule has 1 aliphatic heterocycles. The molecule has 0 N–H and O–H groups in total. The van der Waals surface area contributed by atoms with Gasteiger partial charge in [0, 0.05) is 10.9 Å². The summed E-state index contributed by atoms with van der Waals surface area (Å²) in [6.07, 6.45) is 3.12. The van der Waals surface area contributed by atoms with Crippen LogP contribution in [-0.2, 0) is 14.6 Å². The Bertz CT molecular complexity index is 975. The predicted octanol–water partition coefficient (Wildman–Crippen LogP) is 5.26. The first-order valence-electron chi connectivity index (χ1n) is 8.99. The molecule has 0 amide bonds. The van der Waals surface area contributed by atoms with Crippen molar-refractivity contribution in [3.63, 3.8) is 0 Å². The van der Waals surface area contributed by atoms with E-state index >= 15 is 0 Å². The number of benzene rings is 2. The van der Waals surface area contributed by atoms with E-state index in [1.54, 1.807) is 0 Å². The van der Waals surface area contributed by atoms with Crippen LogP contribution in [0.4, 0.5) is 8.78 Å². The van der Waals surface area contributed by atoms with E-state index in [4.69, 9.17) is 16.3 Å². The lowest BCUT2D eigenvalue weighted by molar-refractivity contribution is 0.153. The molecular weight excluding hydrogens is 394 g/mol. The Labute approximate surface area is 162 Å². The molecule has 1 fully saturated rings. The van der Waals surface area contributed by atoms with E-state index in [0.29, 0.717) is 17.9 Å². The summed E-state index contributed by atoms with van der Waals surface area (Å²) >= 11 is 5.91. The lowest BCUT2D eigenvalue weighted by atomic mass is 9.79. The van der Waals surface area contributed by atoms with Gasteiger partial charge < -0.3 is 4.74 Å². The maximum Gasteiger partial charge on any atom is 0.188 e. The second-order valence-electron chi connectivity index (χ2n) is 7.19. The summed E-state index contributed by atoms with van der Waals surface area (Å²) in [5.74, 6) is -2.19. The van der Waals surface area contributed by atoms with Crippen molar-refractivity contribution in [3.05, 3.63) is 58.6 Å². The van der Waals surface area contributed by atoms with Crippen molar-refractivity contribution in [1.82, 2.24) is 0 Å². The van der Waals surface area contributed by atoms with Crippen LogP contribution in [0.5, 0.6) is 5.75 Å². The molecule has 2 atom stereocenters. The van der Waals surface area contributed by atoms with Crippen molar-refractivity contribution in [2.24, 2.45) is 5.92 Å². The summed E-state index contributed by atoms with van der Waals surface area (Å²) < 4.78 is 61.1. The maximum absolute atomic E-state index is 15.0. The fourth-order valence-corrected chi connectivity index (χ4v) is 7.04. The van der Waals surface area contributed by atoms with Crippen LogP contribution in [-0.4, -0.2) is 15.0 Å². The van der Waals surface area contributed by atoms with Gasteiger partial charge in [0.05, 0.1) is 17.1 Å². The summed E-state index contributed by atoms with van der Waals surface area (Å²) in [7, 11) is -4.02. The lowest BCUT2D eigenvalue weighted by Gasteiger charge is -2.43. The molecule has 2 aromatic carbocycles. The molecule has 0 saturated heterocycles. The highest BCUT2D eigenvalue weighted by molar-refractivity contribution is 7.92. The fourth-order valence-electron chi connectivity index (χ4n) is 4.50. The third kappa shape index (κ3) is 2.76. The van der Waals surface area contributed by atoms with Gasteiger partial charge in [0.1, 0.15) is 10.6 Å². The van der Waals surface area contributed by atoms with Gasteiger partial charge in [0.25, 0.3) is 0 Å². The first kappa shape index (κ1) is 18.7. The Hall–Kier alpha value is -1.66. The minimum Gasteiger partial charge on any atom is -0.490 e. The number of hydrogen-bond acceptors (Lipinski definition) is 3. The van der Waals surface area contributed by atoms with Crippen LogP contribution in [0.25, 0.3) is 0 Å². The highest BCUT2D eigenvalue weighted by Gasteiger charge is 2.57. The molecule has 0 aromatic heterocycles. The van der Waals surface area contributed by atoms with Gasteiger partial charge in [0.2, 0.25) is 0 Å². The number of fused-ring (bicyclic) bond motifs is 3. The van der Waals surface area contributed by atoms with Crippen molar-refractivity contribution in [2.75, 3.05) is 6.61 Å². The zero-order valence-electron chi connectivity index (χ0n) is 14.6. The summed E-state index contributed by atoms with van der Waals surface area (Å²) in [5, 5.41) is 0.411. The zero-order chi connectivity index (χ0) is 19.2. The molecule has 2 aliphatic rings. The van der Waals surface area contributed by atoms with Crippen LogP contribution in [0.15, 0.2) is 41.3 Å².